The number of methoxy groups -OCH3 is 1. The van der Waals surface area contributed by atoms with Crippen LogP contribution in [0.2, 0.25) is 0 Å². The first kappa shape index (κ1) is 12.5. The number of piperidine rings is 1. The predicted octanol–water partition coefficient (Wildman–Crippen LogP) is 0.751. The molecule has 88 valence electrons. The molecule has 1 heterocycles. The monoisotopic (exact) mass is 214 g/mol. The first-order valence-electron chi connectivity index (χ1n) is 5.53. The Morgan fingerprint density at radius 2 is 2.27 bits per heavy atom. The molecule has 1 rings (SSSR count). The van der Waals surface area contributed by atoms with Crippen LogP contribution in [0.1, 0.15) is 33.1 Å². The van der Waals surface area contributed by atoms with Crippen molar-refractivity contribution in [1.29, 1.82) is 0 Å². The van der Waals surface area contributed by atoms with Crippen molar-refractivity contribution in [1.82, 2.24) is 4.90 Å². The first-order valence-corrected chi connectivity index (χ1v) is 5.53. The summed E-state index contributed by atoms with van der Waals surface area (Å²) in [6.45, 7) is 5.38. The van der Waals surface area contributed by atoms with Gasteiger partial charge in [0.2, 0.25) is 5.91 Å². The Kier molecular flexibility index (Phi) is 4.11. The van der Waals surface area contributed by atoms with Crippen LogP contribution < -0.4 is 5.73 Å². The maximum atomic E-state index is 11.9. The summed E-state index contributed by atoms with van der Waals surface area (Å²) < 4.78 is 5.25. The Hall–Kier alpha value is -0.610. The Balaban J connectivity index is 2.46. The standard InChI is InChI=1S/C11H22N2O2/c1-11(2,15-3)7-10(14)13-6-4-5-9(12)8-13/h9H,4-8,12H2,1-3H3. The minimum Gasteiger partial charge on any atom is -0.378 e. The lowest BCUT2D eigenvalue weighted by molar-refractivity contribution is -0.137. The van der Waals surface area contributed by atoms with Gasteiger partial charge in [-0.25, -0.2) is 0 Å². The van der Waals surface area contributed by atoms with Crippen molar-refractivity contribution in [3.05, 3.63) is 0 Å². The van der Waals surface area contributed by atoms with E-state index >= 15 is 0 Å². The topological polar surface area (TPSA) is 55.6 Å². The number of nitrogens with two attached hydrogens (primary N) is 1. The van der Waals surface area contributed by atoms with Crippen LogP contribution in [0.15, 0.2) is 0 Å². The highest BCUT2D eigenvalue weighted by Gasteiger charge is 2.27. The summed E-state index contributed by atoms with van der Waals surface area (Å²) in [4.78, 5) is 13.8. The second kappa shape index (κ2) is 4.94. The van der Waals surface area contributed by atoms with Crippen LogP contribution in [0.25, 0.3) is 0 Å². The fourth-order valence-corrected chi connectivity index (χ4v) is 1.78. The molecule has 0 aromatic heterocycles. The van der Waals surface area contributed by atoms with Gasteiger partial charge < -0.3 is 15.4 Å². The molecule has 4 nitrogen and oxygen atoms in total. The molecule has 1 saturated heterocycles. The lowest BCUT2D eigenvalue weighted by Crippen LogP contribution is -2.47. The second-order valence-electron chi connectivity index (χ2n) is 4.88. The maximum Gasteiger partial charge on any atom is 0.225 e. The van der Waals surface area contributed by atoms with Gasteiger partial charge in [-0.05, 0) is 26.7 Å². The summed E-state index contributed by atoms with van der Waals surface area (Å²) in [7, 11) is 1.63. The number of nitrogens with zero attached hydrogens (tertiary/aromatic N) is 1. The molecule has 1 aliphatic rings. The quantitative estimate of drug-likeness (QED) is 0.754. The zero-order chi connectivity index (χ0) is 11.5. The Morgan fingerprint density at radius 3 is 2.80 bits per heavy atom. The molecular weight excluding hydrogens is 192 g/mol. The molecule has 0 aromatic rings. The molecule has 0 aromatic carbocycles. The van der Waals surface area contributed by atoms with Gasteiger partial charge in [0.05, 0.1) is 12.0 Å². The fraction of sp³-hybridized carbons (Fsp3) is 0.909. The van der Waals surface area contributed by atoms with Crippen molar-refractivity contribution in [2.45, 2.75) is 44.8 Å². The van der Waals surface area contributed by atoms with Gasteiger partial charge in [-0.3, -0.25) is 4.79 Å². The fourth-order valence-electron chi connectivity index (χ4n) is 1.78. The number of carbonyl (C=O) groups is 1. The zero-order valence-corrected chi connectivity index (χ0v) is 9.95. The lowest BCUT2D eigenvalue weighted by atomic mass is 10.0. The number of likely N-dealkylation sites (tertiary alicyclic amines) is 1. The molecule has 15 heavy (non-hydrogen) atoms. The van der Waals surface area contributed by atoms with E-state index in [2.05, 4.69) is 0 Å². The van der Waals surface area contributed by atoms with E-state index in [0.29, 0.717) is 13.0 Å². The van der Waals surface area contributed by atoms with Crippen LogP contribution in [-0.4, -0.2) is 42.6 Å². The predicted molar refractivity (Wildman–Crippen MR) is 59.5 cm³/mol. The van der Waals surface area contributed by atoms with E-state index in [1.165, 1.54) is 0 Å². The highest BCUT2D eigenvalue weighted by Crippen LogP contribution is 2.17. The van der Waals surface area contributed by atoms with Crippen LogP contribution >= 0.6 is 0 Å². The van der Waals surface area contributed by atoms with E-state index in [9.17, 15) is 4.79 Å². The summed E-state index contributed by atoms with van der Waals surface area (Å²) in [5.74, 6) is 0.150. The van der Waals surface area contributed by atoms with Gasteiger partial charge in [-0.1, -0.05) is 0 Å². The summed E-state index contributed by atoms with van der Waals surface area (Å²) in [5, 5.41) is 0. The Labute approximate surface area is 91.8 Å². The number of amides is 1. The van der Waals surface area contributed by atoms with Gasteiger partial charge in [0.25, 0.3) is 0 Å². The molecule has 1 atom stereocenters. The van der Waals surface area contributed by atoms with Crippen LogP contribution in [0, 0.1) is 0 Å². The van der Waals surface area contributed by atoms with E-state index in [4.69, 9.17) is 10.5 Å². The average molecular weight is 214 g/mol. The summed E-state index contributed by atoms with van der Waals surface area (Å²) in [6.07, 6.45) is 2.47. The van der Waals surface area contributed by atoms with E-state index in [1.54, 1.807) is 7.11 Å². The largest absolute Gasteiger partial charge is 0.378 e. The third-order valence-corrected chi connectivity index (χ3v) is 2.94. The molecule has 0 bridgehead atoms. The third-order valence-electron chi connectivity index (χ3n) is 2.94. The number of rotatable bonds is 3. The molecule has 1 aliphatic heterocycles. The SMILES string of the molecule is COC(C)(C)CC(=O)N1CCCC(N)C1. The minimum absolute atomic E-state index is 0.147. The van der Waals surface area contributed by atoms with Gasteiger partial charge >= 0.3 is 0 Å². The van der Waals surface area contributed by atoms with Crippen LogP contribution in [-0.2, 0) is 9.53 Å². The van der Waals surface area contributed by atoms with Gasteiger partial charge in [0.1, 0.15) is 0 Å². The molecule has 0 saturated carbocycles. The van der Waals surface area contributed by atoms with Crippen molar-refractivity contribution >= 4 is 5.91 Å². The van der Waals surface area contributed by atoms with E-state index < -0.39 is 0 Å². The first-order chi connectivity index (χ1) is 6.94. The molecule has 0 radical (unpaired) electrons. The van der Waals surface area contributed by atoms with Gasteiger partial charge in [-0.15, -0.1) is 0 Å². The number of carbonyl (C=O) groups excluding carboxylic acids is 1. The van der Waals surface area contributed by atoms with E-state index in [1.807, 2.05) is 18.7 Å². The maximum absolute atomic E-state index is 11.9. The smallest absolute Gasteiger partial charge is 0.225 e. The molecule has 1 unspecified atom stereocenters. The Morgan fingerprint density at radius 1 is 1.60 bits per heavy atom. The number of hydrogen-bond acceptors (Lipinski definition) is 3. The molecule has 0 spiro atoms. The van der Waals surface area contributed by atoms with E-state index in [0.717, 1.165) is 19.4 Å². The normalized spacial score (nSPS) is 22.9. The van der Waals surface area contributed by atoms with Crippen LogP contribution in [0.4, 0.5) is 0 Å². The van der Waals surface area contributed by atoms with Crippen LogP contribution in [0.3, 0.4) is 0 Å². The summed E-state index contributed by atoms with van der Waals surface area (Å²) in [5.41, 5.74) is 5.46. The summed E-state index contributed by atoms with van der Waals surface area (Å²) >= 11 is 0. The van der Waals surface area contributed by atoms with Crippen molar-refractivity contribution in [3.8, 4) is 0 Å². The van der Waals surface area contributed by atoms with Crippen molar-refractivity contribution < 1.29 is 9.53 Å². The third kappa shape index (κ3) is 3.80. The van der Waals surface area contributed by atoms with Gasteiger partial charge in [0, 0.05) is 26.2 Å². The van der Waals surface area contributed by atoms with Gasteiger partial charge in [-0.2, -0.15) is 0 Å². The molecule has 2 N–H and O–H groups in total. The van der Waals surface area contributed by atoms with Crippen molar-refractivity contribution in [3.63, 3.8) is 0 Å². The average Bonchev–Trinajstić information content (AvgIpc) is 2.17. The molecule has 4 heteroatoms. The Bertz CT molecular complexity index is 229. The summed E-state index contributed by atoms with van der Waals surface area (Å²) in [6, 6.07) is 0.147. The molecular formula is C11H22N2O2. The number of ether oxygens (including phenoxy) is 1. The van der Waals surface area contributed by atoms with Crippen LogP contribution in [0.5, 0.6) is 0 Å². The highest BCUT2D eigenvalue weighted by molar-refractivity contribution is 5.77. The molecule has 0 aliphatic carbocycles. The highest BCUT2D eigenvalue weighted by atomic mass is 16.5. The lowest BCUT2D eigenvalue weighted by Gasteiger charge is -2.33. The molecule has 1 amide bonds. The minimum atomic E-state index is -0.376. The van der Waals surface area contributed by atoms with Crippen molar-refractivity contribution in [2.24, 2.45) is 5.73 Å². The molecule has 1 fully saturated rings. The van der Waals surface area contributed by atoms with Crippen molar-refractivity contribution in [2.75, 3.05) is 20.2 Å². The zero-order valence-electron chi connectivity index (χ0n) is 9.95. The van der Waals surface area contributed by atoms with E-state index in [-0.39, 0.29) is 17.6 Å². The second-order valence-corrected chi connectivity index (χ2v) is 4.88. The number of hydrogen-bond donors (Lipinski definition) is 1. The van der Waals surface area contributed by atoms with Gasteiger partial charge in [0.15, 0.2) is 0 Å².